The Morgan fingerprint density at radius 2 is 0.486 bits per heavy atom. The van der Waals surface area contributed by atoms with Crippen LogP contribution in [0, 0.1) is 29.1 Å². The zero-order valence-electron chi connectivity index (χ0n) is 60.6. The first-order chi connectivity index (χ1) is 50.8. The molecule has 0 bridgehead atoms. The van der Waals surface area contributed by atoms with Crippen LogP contribution in [0.2, 0.25) is 0 Å². The predicted molar refractivity (Wildman–Crippen MR) is 404 cm³/mol. The van der Waals surface area contributed by atoms with E-state index in [1.807, 2.05) is 76.2 Å². The summed E-state index contributed by atoms with van der Waals surface area (Å²) in [7, 11) is -6.25. The van der Waals surface area contributed by atoms with Crippen molar-refractivity contribution in [1.82, 2.24) is 0 Å². The largest absolute Gasteiger partial charge is 0.550 e. The van der Waals surface area contributed by atoms with E-state index < -0.39 is 114 Å². The van der Waals surface area contributed by atoms with Gasteiger partial charge < -0.3 is 18.9 Å². The molecule has 0 N–H and O–H groups in total. The quantitative estimate of drug-likeness (QED) is 0.0168. The minimum atomic E-state index is -1.56. The highest BCUT2D eigenvalue weighted by Gasteiger charge is 2.57. The average Bonchev–Trinajstić information content (AvgIpc) is 0.731. The fourth-order valence-electron chi connectivity index (χ4n) is 15.9. The maximum absolute atomic E-state index is 13.6. The number of rotatable bonds is 28. The van der Waals surface area contributed by atoms with E-state index in [0.717, 1.165) is 47.9 Å². The van der Waals surface area contributed by atoms with Crippen molar-refractivity contribution in [2.24, 2.45) is 29.1 Å². The highest BCUT2D eigenvalue weighted by Crippen LogP contribution is 2.63. The first-order valence-electron chi connectivity index (χ1n) is 36.1. The molecule has 4 aromatic rings. The average molecular weight is 1500 g/mol. The summed E-state index contributed by atoms with van der Waals surface area (Å²) in [6, 6.07) is 21.4. The van der Waals surface area contributed by atoms with Crippen LogP contribution < -0.4 is 20.7 Å². The Morgan fingerprint density at radius 1 is 0.305 bits per heavy atom. The van der Waals surface area contributed by atoms with Gasteiger partial charge in [0.2, 0.25) is 0 Å². The van der Waals surface area contributed by atoms with Crippen LogP contribution in [0.3, 0.4) is 0 Å². The van der Waals surface area contributed by atoms with E-state index >= 15 is 0 Å². The summed E-state index contributed by atoms with van der Waals surface area (Å²) < 4.78 is 23.6. The lowest BCUT2D eigenvalue weighted by Crippen LogP contribution is -2.54. The van der Waals surface area contributed by atoms with E-state index in [2.05, 4.69) is 52.6 Å². The molecule has 0 saturated heterocycles. The van der Waals surface area contributed by atoms with E-state index in [0.29, 0.717) is 123 Å². The topological polar surface area (TPSA) is 247 Å². The molecule has 4 aliphatic rings. The lowest BCUT2D eigenvalue weighted by atomic mass is 9.45. The summed E-state index contributed by atoms with van der Waals surface area (Å²) in [5.74, 6) is -3.51. The van der Waals surface area contributed by atoms with Crippen LogP contribution in [-0.4, -0.2) is 108 Å². The Kier molecular flexibility index (Phi) is 30.7. The number of aryl methyl sites for hydroxylation is 4. The predicted octanol–water partition coefficient (Wildman–Crippen LogP) is 14.8. The van der Waals surface area contributed by atoms with Crippen LogP contribution in [0.1, 0.15) is 194 Å². The van der Waals surface area contributed by atoms with Gasteiger partial charge in [-0.3, -0.25) is 0 Å². The summed E-state index contributed by atoms with van der Waals surface area (Å²) in [5.41, 5.74) is 18.4. The monoisotopic (exact) mass is 1500 g/mol. The number of carbonyl (C=O) groups excluding carboxylic acids is 8. The molecule has 4 aromatic carbocycles. The first-order valence-corrected chi connectivity index (χ1v) is 42.8. The summed E-state index contributed by atoms with van der Waals surface area (Å²) in [6.45, 7) is 39.5. The maximum Gasteiger partial charge on any atom is 0.550 e. The van der Waals surface area contributed by atoms with Crippen LogP contribution in [0.4, 0.5) is 19.2 Å². The molecule has 4 fully saturated rings. The Bertz CT molecular complexity index is 3310. The van der Waals surface area contributed by atoms with Crippen LogP contribution in [0.15, 0.2) is 171 Å². The third kappa shape index (κ3) is 20.6. The van der Waals surface area contributed by atoms with E-state index in [4.69, 9.17) is 58.0 Å². The van der Waals surface area contributed by atoms with Crippen molar-refractivity contribution < 1.29 is 96.4 Å². The van der Waals surface area contributed by atoms with Gasteiger partial charge in [0.1, 0.15) is 59.6 Å². The normalized spacial score (nSPS) is 20.6. The smallest absolute Gasteiger partial charge is 0.428 e. The third-order valence-corrected chi connectivity index (χ3v) is 28.8. The van der Waals surface area contributed by atoms with Crippen molar-refractivity contribution >= 4 is 104 Å². The SMILES string of the molecule is C=C[Si](C=C)c1cc(CC)ccc1C(=O)OOC(=O)OC1CCC(C(C2CCC(OC(=O)OOC(=O)c3ccc(CC)cc3[Si](C=C)C=C)CC2)(C2CCC(OC(=O)OOC(=O)c3ccc(CC)cc3[Si](C=C)C=C)CC2)C2CCC(OC(=O)OOC(=O)c3ccc(CC)cc3[Si](C=C)C=C)CC2)CC1. The van der Waals surface area contributed by atoms with Crippen molar-refractivity contribution in [3.63, 3.8) is 0 Å². The molecule has 105 heavy (non-hydrogen) atoms. The molecule has 0 heterocycles. The summed E-state index contributed by atoms with van der Waals surface area (Å²) >= 11 is 0. The minimum absolute atomic E-state index is 0.00659. The van der Waals surface area contributed by atoms with Crippen LogP contribution in [0.5, 0.6) is 0 Å². The Morgan fingerprint density at radius 3 is 0.648 bits per heavy atom. The van der Waals surface area contributed by atoms with E-state index in [-0.39, 0.29) is 45.9 Å². The highest BCUT2D eigenvalue weighted by molar-refractivity contribution is 6.84. The second kappa shape index (κ2) is 39.7. The maximum atomic E-state index is 13.6. The lowest BCUT2D eigenvalue weighted by molar-refractivity contribution is -0.213. The molecule has 0 amide bonds. The second-order valence-corrected chi connectivity index (χ2v) is 35.6. The number of hydrogen-bond donors (Lipinski definition) is 0. The van der Waals surface area contributed by atoms with Gasteiger partial charge in [0.25, 0.3) is 0 Å². The van der Waals surface area contributed by atoms with Crippen molar-refractivity contribution in [2.75, 3.05) is 0 Å². The molecule has 0 unspecified atom stereocenters. The van der Waals surface area contributed by atoms with Gasteiger partial charge in [-0.15, -0.1) is 52.6 Å². The number of hydrogen-bond acceptors (Lipinski definition) is 20. The Labute approximate surface area is 622 Å². The fourth-order valence-corrected chi connectivity index (χ4v) is 21.8. The molecule has 4 aliphatic carbocycles. The first kappa shape index (κ1) is 81.3. The van der Waals surface area contributed by atoms with Gasteiger partial charge in [-0.25, -0.2) is 58.3 Å². The van der Waals surface area contributed by atoms with Gasteiger partial charge in [-0.05, 0) is 225 Å². The van der Waals surface area contributed by atoms with Gasteiger partial charge in [-0.1, -0.05) is 122 Å². The molecule has 8 rings (SSSR count). The Hall–Kier alpha value is -9.37. The Balaban J connectivity index is 1.02. The molecular formula is C81H96O20Si4. The summed E-state index contributed by atoms with van der Waals surface area (Å²) in [4.78, 5) is 149. The molecular weight excluding hydrogens is 1410 g/mol. The molecule has 0 aromatic heterocycles. The van der Waals surface area contributed by atoms with Gasteiger partial charge in [0.05, 0.1) is 22.3 Å². The van der Waals surface area contributed by atoms with Crippen molar-refractivity contribution in [3.8, 4) is 0 Å². The van der Waals surface area contributed by atoms with E-state index in [1.165, 1.54) is 0 Å². The van der Waals surface area contributed by atoms with Gasteiger partial charge in [0, 0.05) is 0 Å². The molecule has 4 radical (unpaired) electrons. The third-order valence-electron chi connectivity index (χ3n) is 21.2. The van der Waals surface area contributed by atoms with Crippen LogP contribution >= 0.6 is 0 Å². The second-order valence-electron chi connectivity index (χ2n) is 26.6. The molecule has 556 valence electrons. The summed E-state index contributed by atoms with van der Waals surface area (Å²) in [6.07, 6.45) is 3.89. The molecule has 4 saturated carbocycles. The van der Waals surface area contributed by atoms with Crippen molar-refractivity contribution in [1.29, 1.82) is 0 Å². The molecule has 0 aliphatic heterocycles. The number of carbonyl (C=O) groups is 8. The van der Waals surface area contributed by atoms with Crippen molar-refractivity contribution in [2.45, 2.75) is 181 Å². The summed E-state index contributed by atoms with van der Waals surface area (Å²) in [5, 5.41) is 2.78. The van der Waals surface area contributed by atoms with Gasteiger partial charge in [-0.2, -0.15) is 19.2 Å². The van der Waals surface area contributed by atoms with Crippen LogP contribution in [-0.2, 0) is 83.7 Å². The zero-order valence-corrected chi connectivity index (χ0v) is 64.6. The molecule has 0 spiro atoms. The number of ether oxygens (including phenoxy) is 4. The molecule has 0 atom stereocenters. The van der Waals surface area contributed by atoms with Crippen molar-refractivity contribution in [3.05, 3.63) is 216 Å². The fraction of sp³-hybridized carbons (Fsp3) is 0.407. The molecule has 24 heteroatoms. The number of benzene rings is 4. The molecule has 20 nitrogen and oxygen atoms in total. The standard InChI is InChI=1S/C81H96O20Si4/c1-13-53-25-45-65(69(49-53)102(17-5)18-6)73(82)94-98-77(86)90-61-37-29-57(30-38-61)81(58-31-39-62(40-32-58)91-78(87)99-95-74(83)66-46-26-54(14-2)50-70(66)103(19-7)20-8,59-33-41-63(42-34-59)92-79(88)100-96-75(84)67-47-27-55(15-3)51-71(67)104(21-9)22-10)60-35-43-64(44-36-60)93-80(89)101-97-76(85)68-48-28-56(16-4)52-72(68)105(23-11)24-12/h17-28,45-52,57-64H,5-16,29-44H2,1-4H3. The van der Waals surface area contributed by atoms with Crippen LogP contribution in [0.25, 0.3) is 0 Å². The minimum Gasteiger partial charge on any atom is -0.428 e. The highest BCUT2D eigenvalue weighted by atomic mass is 28.3. The van der Waals surface area contributed by atoms with Gasteiger partial charge >= 0.3 is 48.5 Å². The van der Waals surface area contributed by atoms with E-state index in [9.17, 15) is 38.4 Å². The van der Waals surface area contributed by atoms with E-state index in [1.54, 1.807) is 69.9 Å². The lowest BCUT2D eigenvalue weighted by Gasteiger charge is -2.60. The zero-order chi connectivity index (χ0) is 75.7. The van der Waals surface area contributed by atoms with Gasteiger partial charge in [0.15, 0.2) is 0 Å².